The summed E-state index contributed by atoms with van der Waals surface area (Å²) in [6.45, 7) is 3.70. The van der Waals surface area contributed by atoms with Crippen LogP contribution in [0.3, 0.4) is 0 Å². The van der Waals surface area contributed by atoms with Gasteiger partial charge in [-0.3, -0.25) is 4.79 Å². The van der Waals surface area contributed by atoms with Gasteiger partial charge in [0.1, 0.15) is 9.90 Å². The monoisotopic (exact) mass is 570 g/mol. The Hall–Kier alpha value is -2.48. The molecule has 3 aromatic rings. The smallest absolute Gasteiger partial charge is 0.339 e. The van der Waals surface area contributed by atoms with E-state index in [-0.39, 0.29) is 28.1 Å². The van der Waals surface area contributed by atoms with Gasteiger partial charge in [0.05, 0.1) is 23.5 Å². The zero-order valence-corrected chi connectivity index (χ0v) is 21.8. The van der Waals surface area contributed by atoms with Crippen molar-refractivity contribution in [3.05, 3.63) is 57.0 Å². The van der Waals surface area contributed by atoms with Crippen LogP contribution < -0.4 is 14.3 Å². The Labute approximate surface area is 207 Å². The first-order chi connectivity index (χ1) is 15.7. The third kappa shape index (κ3) is 7.00. The fraction of sp³-hybridized carbons (Fsp3) is 0.200. The molecule has 0 saturated heterocycles. The molecule has 0 aliphatic heterocycles. The van der Waals surface area contributed by atoms with Crippen molar-refractivity contribution in [1.82, 2.24) is 15.6 Å². The van der Waals surface area contributed by atoms with Crippen LogP contribution in [0.1, 0.15) is 16.1 Å². The predicted octanol–water partition coefficient (Wildman–Crippen LogP) is 3.94. The van der Waals surface area contributed by atoms with Crippen LogP contribution in [0, 0.1) is 13.8 Å². The summed E-state index contributed by atoms with van der Waals surface area (Å²) in [6.07, 6.45) is 1.41. The number of thioether (sulfide) groups is 1. The first-order valence-electron chi connectivity index (χ1n) is 9.31. The van der Waals surface area contributed by atoms with E-state index in [0.29, 0.717) is 14.4 Å². The van der Waals surface area contributed by atoms with Crippen LogP contribution in [0.25, 0.3) is 0 Å². The SMILES string of the molecule is COc1cc(/C=N/NC(=O)CSc2nnc(C)s2)cc(Br)c1OS(=O)(=O)c1ccc(C)cc1. The topological polar surface area (TPSA) is 120 Å². The van der Waals surface area contributed by atoms with Gasteiger partial charge in [-0.05, 0) is 59.6 Å². The van der Waals surface area contributed by atoms with E-state index < -0.39 is 10.1 Å². The molecule has 9 nitrogen and oxygen atoms in total. The molecule has 0 saturated carbocycles. The van der Waals surface area contributed by atoms with Crippen molar-refractivity contribution >= 4 is 61.3 Å². The maximum absolute atomic E-state index is 12.6. The Bertz CT molecular complexity index is 1280. The molecule has 1 amide bonds. The Balaban J connectivity index is 1.68. The Morgan fingerprint density at radius 1 is 1.24 bits per heavy atom. The molecule has 0 aliphatic carbocycles. The number of hydrogen-bond acceptors (Lipinski definition) is 10. The third-order valence-corrected chi connectivity index (χ3v) is 7.79. The van der Waals surface area contributed by atoms with Gasteiger partial charge in [0, 0.05) is 0 Å². The fourth-order valence-electron chi connectivity index (χ4n) is 2.43. The normalized spacial score (nSPS) is 11.5. The van der Waals surface area contributed by atoms with E-state index in [0.717, 1.165) is 10.6 Å². The van der Waals surface area contributed by atoms with Gasteiger partial charge in [-0.15, -0.1) is 10.2 Å². The minimum absolute atomic E-state index is 0.00279. The van der Waals surface area contributed by atoms with Gasteiger partial charge in [0.2, 0.25) is 0 Å². The molecule has 2 aromatic carbocycles. The summed E-state index contributed by atoms with van der Waals surface area (Å²) < 4.78 is 37.0. The van der Waals surface area contributed by atoms with E-state index in [1.165, 1.54) is 48.6 Å². The highest BCUT2D eigenvalue weighted by atomic mass is 79.9. The number of aromatic nitrogens is 2. The van der Waals surface area contributed by atoms with E-state index in [2.05, 4.69) is 36.7 Å². The number of amides is 1. The lowest BCUT2D eigenvalue weighted by molar-refractivity contribution is -0.118. The number of methoxy groups -OCH3 is 1. The summed E-state index contributed by atoms with van der Waals surface area (Å²) >= 11 is 5.99. The van der Waals surface area contributed by atoms with Crippen molar-refractivity contribution in [3.63, 3.8) is 0 Å². The molecule has 3 rings (SSSR count). The molecule has 0 atom stereocenters. The molecule has 0 fully saturated rings. The molecule has 174 valence electrons. The van der Waals surface area contributed by atoms with Crippen molar-refractivity contribution in [3.8, 4) is 11.5 Å². The molecule has 13 heteroatoms. The van der Waals surface area contributed by atoms with Gasteiger partial charge >= 0.3 is 10.1 Å². The Morgan fingerprint density at radius 2 is 1.97 bits per heavy atom. The molecular formula is C20H19BrN4O5S3. The number of rotatable bonds is 9. The van der Waals surface area contributed by atoms with E-state index in [1.807, 2.05) is 13.8 Å². The van der Waals surface area contributed by atoms with Crippen molar-refractivity contribution in [2.75, 3.05) is 12.9 Å². The lowest BCUT2D eigenvalue weighted by Crippen LogP contribution is -2.19. The summed E-state index contributed by atoms with van der Waals surface area (Å²) in [5.41, 5.74) is 3.90. The van der Waals surface area contributed by atoms with E-state index in [4.69, 9.17) is 8.92 Å². The number of hydrazone groups is 1. The van der Waals surface area contributed by atoms with Crippen molar-refractivity contribution in [1.29, 1.82) is 0 Å². The molecule has 0 spiro atoms. The van der Waals surface area contributed by atoms with Crippen LogP contribution in [0.2, 0.25) is 0 Å². The molecular weight excluding hydrogens is 552 g/mol. The van der Waals surface area contributed by atoms with Crippen LogP contribution in [0.15, 0.2) is 55.2 Å². The van der Waals surface area contributed by atoms with Gasteiger partial charge in [-0.25, -0.2) is 5.43 Å². The van der Waals surface area contributed by atoms with Gasteiger partial charge in [-0.2, -0.15) is 13.5 Å². The van der Waals surface area contributed by atoms with Gasteiger partial charge in [0.25, 0.3) is 5.91 Å². The molecule has 0 aliphatic rings. The summed E-state index contributed by atoms with van der Waals surface area (Å²) in [5, 5.41) is 12.6. The highest BCUT2D eigenvalue weighted by molar-refractivity contribution is 9.10. The lowest BCUT2D eigenvalue weighted by Gasteiger charge is -2.13. The molecule has 33 heavy (non-hydrogen) atoms. The zero-order chi connectivity index (χ0) is 24.0. The van der Waals surface area contributed by atoms with E-state index in [9.17, 15) is 13.2 Å². The standard InChI is InChI=1S/C20H19BrN4O5S3/c1-12-4-6-15(7-5-12)33(27,28)30-19-16(21)8-14(9-17(19)29-3)10-22-24-18(26)11-31-20-25-23-13(2)32-20/h4-10H,11H2,1-3H3,(H,24,26)/b22-10+. The van der Waals surface area contributed by atoms with Gasteiger partial charge in [0.15, 0.2) is 15.8 Å². The van der Waals surface area contributed by atoms with E-state index >= 15 is 0 Å². The fourth-order valence-corrected chi connectivity index (χ4v) is 5.65. The molecule has 0 unspecified atom stereocenters. The van der Waals surface area contributed by atoms with Crippen molar-refractivity contribution < 1.29 is 22.1 Å². The highest BCUT2D eigenvalue weighted by Gasteiger charge is 2.22. The molecule has 1 aromatic heterocycles. The van der Waals surface area contributed by atoms with Crippen LogP contribution in [-0.4, -0.2) is 43.6 Å². The Kier molecular flexibility index (Phi) is 8.46. The summed E-state index contributed by atoms with van der Waals surface area (Å²) in [5.74, 6) is 0.0140. The first kappa shape index (κ1) is 25.1. The highest BCUT2D eigenvalue weighted by Crippen LogP contribution is 2.38. The lowest BCUT2D eigenvalue weighted by atomic mass is 10.2. The number of nitrogens with one attached hydrogen (secondary N) is 1. The number of nitrogens with zero attached hydrogens (tertiary/aromatic N) is 3. The maximum Gasteiger partial charge on any atom is 0.339 e. The second-order valence-corrected chi connectivity index (χ2v) is 11.4. The summed E-state index contributed by atoms with van der Waals surface area (Å²) in [6, 6.07) is 9.45. The number of ether oxygens (including phenoxy) is 1. The molecule has 0 radical (unpaired) electrons. The summed E-state index contributed by atoms with van der Waals surface area (Å²) in [4.78, 5) is 12.0. The molecule has 1 heterocycles. The number of carbonyl (C=O) groups is 1. The largest absolute Gasteiger partial charge is 0.493 e. The van der Waals surface area contributed by atoms with Gasteiger partial charge < -0.3 is 8.92 Å². The number of halogens is 1. The number of benzene rings is 2. The molecule has 0 bridgehead atoms. The van der Waals surface area contributed by atoms with Crippen molar-refractivity contribution in [2.24, 2.45) is 5.10 Å². The summed E-state index contributed by atoms with van der Waals surface area (Å²) in [7, 11) is -2.67. The van der Waals surface area contributed by atoms with E-state index in [1.54, 1.807) is 24.3 Å². The minimum atomic E-state index is -4.07. The third-order valence-electron chi connectivity index (χ3n) is 3.99. The van der Waals surface area contributed by atoms with Crippen molar-refractivity contribution in [2.45, 2.75) is 23.1 Å². The zero-order valence-electron chi connectivity index (χ0n) is 17.7. The number of hydrogen-bond donors (Lipinski definition) is 1. The van der Waals surface area contributed by atoms with Crippen LogP contribution >= 0.6 is 39.0 Å². The first-order valence-corrected chi connectivity index (χ1v) is 13.3. The second kappa shape index (κ2) is 11.1. The van der Waals surface area contributed by atoms with Crippen LogP contribution in [0.5, 0.6) is 11.5 Å². The number of carbonyl (C=O) groups excluding carboxylic acids is 1. The minimum Gasteiger partial charge on any atom is -0.493 e. The van der Waals surface area contributed by atoms with Crippen LogP contribution in [0.4, 0.5) is 0 Å². The van der Waals surface area contributed by atoms with Crippen LogP contribution in [-0.2, 0) is 14.9 Å². The average Bonchev–Trinajstić information content (AvgIpc) is 3.19. The number of aryl methyl sites for hydroxylation is 2. The molecule has 1 N–H and O–H groups in total. The predicted molar refractivity (Wildman–Crippen MR) is 131 cm³/mol. The van der Waals surface area contributed by atoms with Gasteiger partial charge in [-0.1, -0.05) is 40.8 Å². The Morgan fingerprint density at radius 3 is 2.61 bits per heavy atom. The maximum atomic E-state index is 12.6. The quantitative estimate of drug-likeness (QED) is 0.178. The average molecular weight is 572 g/mol. The second-order valence-electron chi connectivity index (χ2n) is 6.55.